The monoisotopic (exact) mass is 478 g/mol. The van der Waals surface area contributed by atoms with Crippen molar-refractivity contribution >= 4 is 6.16 Å². The van der Waals surface area contributed by atoms with E-state index in [1.807, 2.05) is 24.3 Å². The van der Waals surface area contributed by atoms with Crippen molar-refractivity contribution in [2.75, 3.05) is 13.2 Å². The summed E-state index contributed by atoms with van der Waals surface area (Å²) in [6.07, 6.45) is 2.76. The lowest BCUT2D eigenvalue weighted by Gasteiger charge is -2.18. The van der Waals surface area contributed by atoms with Crippen LogP contribution in [0.5, 0.6) is 0 Å². The van der Waals surface area contributed by atoms with Crippen LogP contribution >= 0.6 is 0 Å². The molecule has 0 aliphatic heterocycles. The standard InChI is InChI=1S/C33H34O3/c34-33(35-25-13-23-31(27-15-5-1-6-16-27)28-17-7-2-8-18-28)36-26-14-24-32(29-19-9-3-10-20-29)30-21-11-4-12-22-30/h1-12,15-22,31-32H,13-14,23-26H2. The Balaban J connectivity index is 1.21. The molecular formula is C33H34O3. The summed E-state index contributed by atoms with van der Waals surface area (Å²) in [5, 5.41) is 0. The Morgan fingerprint density at radius 3 is 1.03 bits per heavy atom. The molecule has 3 heteroatoms. The van der Waals surface area contributed by atoms with Gasteiger partial charge >= 0.3 is 6.16 Å². The normalized spacial score (nSPS) is 10.9. The van der Waals surface area contributed by atoms with E-state index in [1.165, 1.54) is 22.3 Å². The topological polar surface area (TPSA) is 35.5 Å². The summed E-state index contributed by atoms with van der Waals surface area (Å²) in [6, 6.07) is 41.9. The van der Waals surface area contributed by atoms with Crippen LogP contribution in [0.4, 0.5) is 4.79 Å². The number of hydrogen-bond acceptors (Lipinski definition) is 3. The van der Waals surface area contributed by atoms with E-state index in [0.29, 0.717) is 13.2 Å². The Kier molecular flexibility index (Phi) is 9.74. The molecule has 0 N–H and O–H groups in total. The van der Waals surface area contributed by atoms with E-state index in [9.17, 15) is 4.79 Å². The second-order valence-corrected chi connectivity index (χ2v) is 8.98. The molecule has 0 saturated heterocycles. The van der Waals surface area contributed by atoms with Gasteiger partial charge in [0.05, 0.1) is 13.2 Å². The van der Waals surface area contributed by atoms with E-state index in [1.54, 1.807) is 0 Å². The molecule has 0 spiro atoms. The Morgan fingerprint density at radius 1 is 0.472 bits per heavy atom. The highest BCUT2D eigenvalue weighted by molar-refractivity contribution is 5.59. The summed E-state index contributed by atoms with van der Waals surface area (Å²) in [5.41, 5.74) is 5.10. The van der Waals surface area contributed by atoms with Gasteiger partial charge in [-0.1, -0.05) is 121 Å². The Hall–Kier alpha value is -3.85. The smallest absolute Gasteiger partial charge is 0.434 e. The average Bonchev–Trinajstić information content (AvgIpc) is 2.95. The molecule has 0 heterocycles. The minimum atomic E-state index is -0.582. The fourth-order valence-electron chi connectivity index (χ4n) is 4.72. The molecular weight excluding hydrogens is 444 g/mol. The average molecular weight is 479 g/mol. The summed E-state index contributed by atoms with van der Waals surface area (Å²) >= 11 is 0. The van der Waals surface area contributed by atoms with Gasteiger partial charge in [-0.05, 0) is 47.9 Å². The van der Waals surface area contributed by atoms with Crippen molar-refractivity contribution < 1.29 is 14.3 Å². The Bertz CT molecular complexity index is 973. The van der Waals surface area contributed by atoms with Gasteiger partial charge in [0.15, 0.2) is 0 Å². The predicted molar refractivity (Wildman–Crippen MR) is 145 cm³/mol. The number of benzene rings is 4. The number of hydrogen-bond donors (Lipinski definition) is 0. The predicted octanol–water partition coefficient (Wildman–Crippen LogP) is 8.36. The van der Waals surface area contributed by atoms with Crippen LogP contribution in [0.25, 0.3) is 0 Å². The Labute approximate surface area is 214 Å². The molecule has 0 aromatic heterocycles. The second-order valence-electron chi connectivity index (χ2n) is 8.98. The molecule has 0 unspecified atom stereocenters. The van der Waals surface area contributed by atoms with Gasteiger partial charge in [-0.3, -0.25) is 0 Å². The third-order valence-electron chi connectivity index (χ3n) is 6.52. The maximum atomic E-state index is 12.2. The van der Waals surface area contributed by atoms with Crippen molar-refractivity contribution in [2.45, 2.75) is 37.5 Å². The number of ether oxygens (including phenoxy) is 2. The molecule has 184 valence electrons. The van der Waals surface area contributed by atoms with Crippen molar-refractivity contribution in [3.05, 3.63) is 144 Å². The van der Waals surface area contributed by atoms with Crippen LogP contribution in [0.3, 0.4) is 0 Å². The third-order valence-corrected chi connectivity index (χ3v) is 6.52. The number of rotatable bonds is 12. The molecule has 0 bridgehead atoms. The minimum Gasteiger partial charge on any atom is -0.434 e. The van der Waals surface area contributed by atoms with Crippen molar-refractivity contribution in [1.82, 2.24) is 0 Å². The zero-order valence-electron chi connectivity index (χ0n) is 20.7. The molecule has 0 aliphatic rings. The molecule has 0 saturated carbocycles. The van der Waals surface area contributed by atoms with Crippen molar-refractivity contribution in [2.24, 2.45) is 0 Å². The van der Waals surface area contributed by atoms with Gasteiger partial charge in [0.2, 0.25) is 0 Å². The lowest BCUT2D eigenvalue weighted by molar-refractivity contribution is 0.0527. The van der Waals surface area contributed by atoms with Gasteiger partial charge in [0, 0.05) is 11.8 Å². The molecule has 4 aromatic carbocycles. The van der Waals surface area contributed by atoms with Crippen molar-refractivity contribution in [3.8, 4) is 0 Å². The molecule has 0 fully saturated rings. The first-order valence-electron chi connectivity index (χ1n) is 12.8. The van der Waals surface area contributed by atoms with Crippen LogP contribution in [0.1, 0.15) is 59.8 Å². The van der Waals surface area contributed by atoms with E-state index >= 15 is 0 Å². The summed E-state index contributed by atoms with van der Waals surface area (Å²) < 4.78 is 10.8. The number of carbonyl (C=O) groups is 1. The molecule has 0 amide bonds. The van der Waals surface area contributed by atoms with Gasteiger partial charge in [0.1, 0.15) is 0 Å². The lowest BCUT2D eigenvalue weighted by Crippen LogP contribution is -2.11. The maximum absolute atomic E-state index is 12.2. The first-order chi connectivity index (χ1) is 17.8. The van der Waals surface area contributed by atoms with Crippen molar-refractivity contribution in [3.63, 3.8) is 0 Å². The van der Waals surface area contributed by atoms with E-state index in [4.69, 9.17) is 9.47 Å². The number of carbonyl (C=O) groups excluding carboxylic acids is 1. The minimum absolute atomic E-state index is 0.278. The lowest BCUT2D eigenvalue weighted by atomic mass is 9.88. The first-order valence-corrected chi connectivity index (χ1v) is 12.8. The molecule has 36 heavy (non-hydrogen) atoms. The van der Waals surface area contributed by atoms with Crippen LogP contribution in [-0.4, -0.2) is 19.4 Å². The molecule has 0 atom stereocenters. The first kappa shape index (κ1) is 25.2. The van der Waals surface area contributed by atoms with Crippen LogP contribution in [0.15, 0.2) is 121 Å². The van der Waals surface area contributed by atoms with E-state index in [0.717, 1.165) is 25.7 Å². The van der Waals surface area contributed by atoms with Gasteiger partial charge in [-0.15, -0.1) is 0 Å². The summed E-state index contributed by atoms with van der Waals surface area (Å²) in [4.78, 5) is 12.2. The van der Waals surface area contributed by atoms with Crippen molar-refractivity contribution in [1.29, 1.82) is 0 Å². The highest BCUT2D eigenvalue weighted by Crippen LogP contribution is 2.30. The van der Waals surface area contributed by atoms with Gasteiger partial charge < -0.3 is 9.47 Å². The quantitative estimate of drug-likeness (QED) is 0.152. The second kappa shape index (κ2) is 13.9. The highest BCUT2D eigenvalue weighted by Gasteiger charge is 2.16. The largest absolute Gasteiger partial charge is 0.508 e. The van der Waals surface area contributed by atoms with Gasteiger partial charge in [-0.25, -0.2) is 4.79 Å². The summed E-state index contributed by atoms with van der Waals surface area (Å²) in [6.45, 7) is 0.706. The van der Waals surface area contributed by atoms with E-state index in [2.05, 4.69) is 97.1 Å². The fourth-order valence-corrected chi connectivity index (χ4v) is 4.72. The fraction of sp³-hybridized carbons (Fsp3) is 0.242. The molecule has 0 aliphatic carbocycles. The van der Waals surface area contributed by atoms with E-state index < -0.39 is 6.16 Å². The van der Waals surface area contributed by atoms with Crippen LogP contribution in [0.2, 0.25) is 0 Å². The van der Waals surface area contributed by atoms with Crippen LogP contribution in [-0.2, 0) is 9.47 Å². The molecule has 4 aromatic rings. The zero-order chi connectivity index (χ0) is 24.8. The van der Waals surface area contributed by atoms with E-state index in [-0.39, 0.29) is 11.8 Å². The maximum Gasteiger partial charge on any atom is 0.508 e. The summed E-state index contributed by atoms with van der Waals surface area (Å²) in [7, 11) is 0. The molecule has 0 radical (unpaired) electrons. The highest BCUT2D eigenvalue weighted by atomic mass is 16.7. The SMILES string of the molecule is O=C(OCCCC(c1ccccc1)c1ccccc1)OCCCC(c1ccccc1)c1ccccc1. The summed E-state index contributed by atoms with van der Waals surface area (Å²) in [5.74, 6) is 0.555. The third kappa shape index (κ3) is 7.58. The molecule has 4 rings (SSSR count). The zero-order valence-corrected chi connectivity index (χ0v) is 20.7. The van der Waals surface area contributed by atoms with Gasteiger partial charge in [0.25, 0.3) is 0 Å². The van der Waals surface area contributed by atoms with Gasteiger partial charge in [-0.2, -0.15) is 0 Å². The molecule has 3 nitrogen and oxygen atoms in total. The van der Waals surface area contributed by atoms with Crippen LogP contribution in [0, 0.1) is 0 Å². The van der Waals surface area contributed by atoms with Crippen LogP contribution < -0.4 is 0 Å². The Morgan fingerprint density at radius 2 is 0.750 bits per heavy atom.